The smallest absolute Gasteiger partial charge is 0.0821 e. The number of hydrogen-bond acceptors (Lipinski definition) is 1. The highest BCUT2D eigenvalue weighted by atomic mass is 16.5. The predicted octanol–water partition coefficient (Wildman–Crippen LogP) is 2.14. The maximum atomic E-state index is 6.55. The Morgan fingerprint density at radius 1 is 0.952 bits per heavy atom. The van der Waals surface area contributed by atoms with Crippen LogP contribution in [0.4, 0.5) is 0 Å². The summed E-state index contributed by atoms with van der Waals surface area (Å²) in [6.45, 7) is 2.38. The lowest BCUT2D eigenvalue weighted by molar-refractivity contribution is -0.862. The lowest BCUT2D eigenvalue weighted by atomic mass is 9.73. The second-order valence-electron chi connectivity index (χ2n) is 9.57. The highest BCUT2D eigenvalue weighted by molar-refractivity contribution is 5.17. The Balaban J connectivity index is 1.47. The van der Waals surface area contributed by atoms with Gasteiger partial charge in [0, 0.05) is 5.92 Å². The number of hydrogen-bond donors (Lipinski definition) is 1. The Morgan fingerprint density at radius 2 is 1.67 bits per heavy atom. The van der Waals surface area contributed by atoms with Gasteiger partial charge < -0.3 is 9.64 Å². The van der Waals surface area contributed by atoms with E-state index in [0.717, 1.165) is 41.1 Å². The zero-order valence-corrected chi connectivity index (χ0v) is 13.9. The first-order chi connectivity index (χ1) is 10.1. The van der Waals surface area contributed by atoms with Gasteiger partial charge in [0.2, 0.25) is 0 Å². The summed E-state index contributed by atoms with van der Waals surface area (Å²) >= 11 is 0. The first-order valence-electron chi connectivity index (χ1n) is 9.54. The van der Waals surface area contributed by atoms with Crippen molar-refractivity contribution in [3.8, 4) is 0 Å². The number of rotatable bonds is 2. The van der Waals surface area contributed by atoms with Crippen LogP contribution in [0, 0.1) is 34.5 Å². The molecule has 2 nitrogen and oxygen atoms in total. The van der Waals surface area contributed by atoms with Gasteiger partial charge in [-0.05, 0) is 80.0 Å². The molecular formula is C19H32NO+. The van der Waals surface area contributed by atoms with Crippen molar-refractivity contribution in [1.29, 1.82) is 0 Å². The third kappa shape index (κ3) is 1.84. The van der Waals surface area contributed by atoms with Crippen LogP contribution in [-0.4, -0.2) is 33.4 Å². The quantitative estimate of drug-likeness (QED) is 0.823. The van der Waals surface area contributed by atoms with E-state index in [1.807, 2.05) is 0 Å². The van der Waals surface area contributed by atoms with E-state index in [2.05, 4.69) is 14.1 Å². The molecule has 1 aliphatic heterocycles. The van der Waals surface area contributed by atoms with E-state index in [0.29, 0.717) is 6.10 Å². The number of nitrogens with one attached hydrogen (secondary N) is 1. The third-order valence-corrected chi connectivity index (χ3v) is 8.20. The second-order valence-corrected chi connectivity index (χ2v) is 9.57. The molecule has 1 heterocycles. The van der Waals surface area contributed by atoms with Gasteiger partial charge in [0.25, 0.3) is 0 Å². The van der Waals surface area contributed by atoms with Crippen molar-refractivity contribution in [3.63, 3.8) is 0 Å². The van der Waals surface area contributed by atoms with Crippen LogP contribution in [0.3, 0.4) is 0 Å². The largest absolute Gasteiger partial charge is 0.377 e. The molecule has 0 aromatic rings. The van der Waals surface area contributed by atoms with Crippen LogP contribution in [0.1, 0.15) is 51.4 Å². The van der Waals surface area contributed by atoms with E-state index in [1.165, 1.54) is 32.2 Å². The van der Waals surface area contributed by atoms with Crippen LogP contribution >= 0.6 is 0 Å². The Kier molecular flexibility index (Phi) is 2.71. The summed E-state index contributed by atoms with van der Waals surface area (Å²) in [5.41, 5.74) is 1.55. The molecule has 5 unspecified atom stereocenters. The lowest BCUT2D eigenvalue weighted by Crippen LogP contribution is -3.06. The second kappa shape index (κ2) is 4.26. The molecule has 21 heavy (non-hydrogen) atoms. The van der Waals surface area contributed by atoms with Crippen LogP contribution in [0.25, 0.3) is 0 Å². The number of fused-ring (bicyclic) bond motifs is 5. The van der Waals surface area contributed by atoms with Gasteiger partial charge in [-0.15, -0.1) is 0 Å². The van der Waals surface area contributed by atoms with Crippen LogP contribution in [0.2, 0.25) is 0 Å². The normalized spacial score (nSPS) is 48.4. The topological polar surface area (TPSA) is 13.7 Å². The minimum atomic E-state index is 0.643. The Labute approximate surface area is 129 Å². The standard InChI is InChI=1S/C19H31NO/c1-20(2)11-13-12-21-17-14(13)3-5-18(7-8-18)15-4-6-19(9-10-19)16(15)17/h13-17H,3-12H2,1-2H3/p+1. The zero-order valence-electron chi connectivity index (χ0n) is 13.9. The minimum absolute atomic E-state index is 0.643. The first-order valence-corrected chi connectivity index (χ1v) is 9.54. The monoisotopic (exact) mass is 290 g/mol. The van der Waals surface area contributed by atoms with Crippen LogP contribution in [-0.2, 0) is 4.74 Å². The van der Waals surface area contributed by atoms with Crippen LogP contribution in [0.5, 0.6) is 0 Å². The van der Waals surface area contributed by atoms with E-state index >= 15 is 0 Å². The molecule has 5 fully saturated rings. The Hall–Kier alpha value is -0.0800. The molecular weight excluding hydrogens is 258 g/mol. The van der Waals surface area contributed by atoms with Crippen molar-refractivity contribution in [2.45, 2.75) is 57.5 Å². The molecule has 0 bridgehead atoms. The molecule has 0 amide bonds. The molecule has 0 aromatic carbocycles. The molecule has 118 valence electrons. The Morgan fingerprint density at radius 3 is 2.33 bits per heavy atom. The van der Waals surface area contributed by atoms with Crippen molar-refractivity contribution in [2.75, 3.05) is 27.2 Å². The van der Waals surface area contributed by atoms with Crippen molar-refractivity contribution >= 4 is 0 Å². The van der Waals surface area contributed by atoms with Crippen molar-refractivity contribution in [3.05, 3.63) is 0 Å². The third-order valence-electron chi connectivity index (χ3n) is 8.20. The lowest BCUT2D eigenvalue weighted by Gasteiger charge is -2.34. The number of quaternary nitrogens is 1. The van der Waals surface area contributed by atoms with Gasteiger partial charge >= 0.3 is 0 Å². The predicted molar refractivity (Wildman–Crippen MR) is 83.2 cm³/mol. The maximum absolute atomic E-state index is 6.55. The fourth-order valence-electron chi connectivity index (χ4n) is 6.90. The molecule has 2 heteroatoms. The summed E-state index contributed by atoms with van der Waals surface area (Å²) in [6, 6.07) is 0. The first kappa shape index (κ1) is 13.4. The summed E-state index contributed by atoms with van der Waals surface area (Å²) in [5, 5.41) is 0. The number of ether oxygens (including phenoxy) is 1. The van der Waals surface area contributed by atoms with E-state index in [1.54, 1.807) is 30.6 Å². The SMILES string of the molecule is C[NH+](C)CC1COC2C1CCC1(CC1)C1CCC3(CC3)C21. The molecule has 4 aliphatic carbocycles. The summed E-state index contributed by atoms with van der Waals surface area (Å²) in [7, 11) is 4.63. The van der Waals surface area contributed by atoms with E-state index in [-0.39, 0.29) is 0 Å². The Bertz CT molecular complexity index is 437. The van der Waals surface area contributed by atoms with Gasteiger partial charge in [-0.3, -0.25) is 0 Å². The molecule has 0 aromatic heterocycles. The maximum Gasteiger partial charge on any atom is 0.0821 e. The molecule has 4 saturated carbocycles. The summed E-state index contributed by atoms with van der Waals surface area (Å²) in [4.78, 5) is 1.61. The van der Waals surface area contributed by atoms with Crippen molar-refractivity contribution in [1.82, 2.24) is 0 Å². The average Bonchev–Trinajstić information content (AvgIpc) is 3.31. The van der Waals surface area contributed by atoms with Gasteiger partial charge in [0.05, 0.1) is 33.4 Å². The fourth-order valence-corrected chi connectivity index (χ4v) is 6.90. The summed E-state index contributed by atoms with van der Waals surface area (Å²) in [5.74, 6) is 3.73. The molecule has 5 rings (SSSR count). The zero-order chi connectivity index (χ0) is 14.2. The van der Waals surface area contributed by atoms with Gasteiger partial charge in [0.15, 0.2) is 0 Å². The van der Waals surface area contributed by atoms with Gasteiger partial charge in [-0.25, -0.2) is 0 Å². The summed E-state index contributed by atoms with van der Waals surface area (Å²) in [6.07, 6.45) is 12.9. The fraction of sp³-hybridized carbons (Fsp3) is 1.00. The van der Waals surface area contributed by atoms with Crippen molar-refractivity contribution in [2.24, 2.45) is 34.5 Å². The molecule has 5 aliphatic rings. The molecule has 0 radical (unpaired) electrons. The highest BCUT2D eigenvalue weighted by Gasteiger charge is 2.68. The highest BCUT2D eigenvalue weighted by Crippen LogP contribution is 2.74. The van der Waals surface area contributed by atoms with E-state index < -0.39 is 0 Å². The van der Waals surface area contributed by atoms with Crippen LogP contribution in [0.15, 0.2) is 0 Å². The van der Waals surface area contributed by atoms with E-state index in [4.69, 9.17) is 4.74 Å². The van der Waals surface area contributed by atoms with Gasteiger partial charge in [-0.1, -0.05) is 0 Å². The molecule has 1 saturated heterocycles. The van der Waals surface area contributed by atoms with Gasteiger partial charge in [0.1, 0.15) is 0 Å². The molecule has 5 atom stereocenters. The summed E-state index contributed by atoms with van der Waals surface area (Å²) < 4.78 is 6.55. The van der Waals surface area contributed by atoms with Crippen LogP contribution < -0.4 is 4.90 Å². The average molecular weight is 290 g/mol. The molecule has 2 spiro atoms. The van der Waals surface area contributed by atoms with Gasteiger partial charge in [-0.2, -0.15) is 0 Å². The van der Waals surface area contributed by atoms with E-state index in [9.17, 15) is 0 Å². The van der Waals surface area contributed by atoms with Crippen molar-refractivity contribution < 1.29 is 9.64 Å². The minimum Gasteiger partial charge on any atom is -0.377 e. The molecule has 1 N–H and O–H groups in total.